The van der Waals surface area contributed by atoms with E-state index in [-0.39, 0.29) is 22.9 Å². The highest BCUT2D eigenvalue weighted by Gasteiger charge is 2.44. The molecule has 0 aliphatic heterocycles. The second kappa shape index (κ2) is 5.19. The Balaban J connectivity index is 1.62. The minimum Gasteiger partial charge on any atom is -0.484 e. The van der Waals surface area contributed by atoms with E-state index in [0.717, 1.165) is 25.7 Å². The minimum atomic E-state index is -4.38. The molecule has 0 amide bonds. The minimum absolute atomic E-state index is 0.0746. The predicted molar refractivity (Wildman–Crippen MR) is 77.6 cm³/mol. The SMILES string of the molecule is CC1(c2nc(-c3cc(OCC(F)(F)F)c(C4CC4)cn3)no2)CC1. The summed E-state index contributed by atoms with van der Waals surface area (Å²) in [7, 11) is 0. The molecule has 2 saturated carbocycles. The van der Waals surface area contributed by atoms with Crippen LogP contribution >= 0.6 is 0 Å². The van der Waals surface area contributed by atoms with Crippen molar-refractivity contribution in [2.75, 3.05) is 6.61 Å². The molecular weight excluding hydrogens is 323 g/mol. The third-order valence-electron chi connectivity index (χ3n) is 4.48. The van der Waals surface area contributed by atoms with Crippen LogP contribution in [-0.4, -0.2) is 27.9 Å². The topological polar surface area (TPSA) is 61.0 Å². The molecule has 2 heterocycles. The van der Waals surface area contributed by atoms with Gasteiger partial charge in [0, 0.05) is 23.2 Å². The Kier molecular flexibility index (Phi) is 3.33. The van der Waals surface area contributed by atoms with Crippen LogP contribution in [0.3, 0.4) is 0 Å². The zero-order valence-electron chi connectivity index (χ0n) is 13.1. The quantitative estimate of drug-likeness (QED) is 0.824. The van der Waals surface area contributed by atoms with Crippen LogP contribution in [-0.2, 0) is 5.41 Å². The van der Waals surface area contributed by atoms with Gasteiger partial charge in [-0.3, -0.25) is 4.98 Å². The van der Waals surface area contributed by atoms with Crippen molar-refractivity contribution in [2.24, 2.45) is 0 Å². The summed E-state index contributed by atoms with van der Waals surface area (Å²) in [6.45, 7) is 0.706. The highest BCUT2D eigenvalue weighted by Crippen LogP contribution is 2.47. The van der Waals surface area contributed by atoms with Crippen LogP contribution in [0.2, 0.25) is 0 Å². The van der Waals surface area contributed by atoms with E-state index in [1.165, 1.54) is 6.07 Å². The summed E-state index contributed by atoms with van der Waals surface area (Å²) in [5.74, 6) is 1.24. The first-order chi connectivity index (χ1) is 11.3. The molecule has 2 fully saturated rings. The van der Waals surface area contributed by atoms with E-state index in [4.69, 9.17) is 9.26 Å². The molecule has 2 aliphatic carbocycles. The number of hydrogen-bond donors (Lipinski definition) is 0. The lowest BCUT2D eigenvalue weighted by atomic mass is 10.1. The Hall–Kier alpha value is -2.12. The molecule has 4 rings (SSSR count). The van der Waals surface area contributed by atoms with E-state index in [0.29, 0.717) is 17.1 Å². The molecule has 128 valence electrons. The van der Waals surface area contributed by atoms with Crippen molar-refractivity contribution in [1.29, 1.82) is 0 Å². The fraction of sp³-hybridized carbons (Fsp3) is 0.562. The van der Waals surface area contributed by atoms with Gasteiger partial charge in [0.2, 0.25) is 11.7 Å². The molecule has 0 N–H and O–H groups in total. The Labute approximate surface area is 136 Å². The van der Waals surface area contributed by atoms with E-state index in [9.17, 15) is 13.2 Å². The molecule has 0 atom stereocenters. The second-order valence-corrected chi connectivity index (χ2v) is 6.77. The number of halogens is 3. The maximum Gasteiger partial charge on any atom is 0.422 e. The molecule has 2 aliphatic rings. The van der Waals surface area contributed by atoms with Gasteiger partial charge in [0.15, 0.2) is 6.61 Å². The van der Waals surface area contributed by atoms with Crippen LogP contribution in [0.25, 0.3) is 11.5 Å². The summed E-state index contributed by atoms with van der Waals surface area (Å²) in [6.07, 6.45) is 1.03. The van der Waals surface area contributed by atoms with Gasteiger partial charge in [-0.1, -0.05) is 12.1 Å². The molecule has 0 spiro atoms. The third kappa shape index (κ3) is 3.09. The van der Waals surface area contributed by atoms with E-state index in [1.807, 2.05) is 6.92 Å². The van der Waals surface area contributed by atoms with Crippen molar-refractivity contribution in [3.8, 4) is 17.3 Å². The molecule has 0 bridgehead atoms. The average molecular weight is 339 g/mol. The lowest BCUT2D eigenvalue weighted by Gasteiger charge is -2.13. The number of alkyl halides is 3. The molecule has 0 unspecified atom stereocenters. The summed E-state index contributed by atoms with van der Waals surface area (Å²) < 4.78 is 47.7. The fourth-order valence-corrected chi connectivity index (χ4v) is 2.53. The van der Waals surface area contributed by atoms with Crippen molar-refractivity contribution >= 4 is 0 Å². The molecule has 8 heteroatoms. The van der Waals surface area contributed by atoms with Gasteiger partial charge in [-0.15, -0.1) is 0 Å². The molecule has 0 aromatic carbocycles. The lowest BCUT2D eigenvalue weighted by molar-refractivity contribution is -0.153. The Morgan fingerprint density at radius 1 is 1.33 bits per heavy atom. The van der Waals surface area contributed by atoms with E-state index < -0.39 is 12.8 Å². The summed E-state index contributed by atoms with van der Waals surface area (Å²) in [4.78, 5) is 8.62. The van der Waals surface area contributed by atoms with Crippen LogP contribution < -0.4 is 4.74 Å². The van der Waals surface area contributed by atoms with Crippen molar-refractivity contribution in [1.82, 2.24) is 15.1 Å². The van der Waals surface area contributed by atoms with Gasteiger partial charge in [0.1, 0.15) is 11.4 Å². The highest BCUT2D eigenvalue weighted by atomic mass is 19.4. The zero-order valence-corrected chi connectivity index (χ0v) is 13.1. The highest BCUT2D eigenvalue weighted by molar-refractivity contribution is 5.54. The Morgan fingerprint density at radius 3 is 2.71 bits per heavy atom. The van der Waals surface area contributed by atoms with E-state index >= 15 is 0 Å². The fourth-order valence-electron chi connectivity index (χ4n) is 2.53. The van der Waals surface area contributed by atoms with E-state index in [2.05, 4.69) is 15.1 Å². The van der Waals surface area contributed by atoms with Crippen molar-refractivity contribution < 1.29 is 22.4 Å². The Morgan fingerprint density at radius 2 is 2.08 bits per heavy atom. The summed E-state index contributed by atoms with van der Waals surface area (Å²) in [6, 6.07) is 1.48. The van der Waals surface area contributed by atoms with Gasteiger partial charge < -0.3 is 9.26 Å². The number of rotatable bonds is 5. The maximum atomic E-state index is 12.5. The lowest BCUT2D eigenvalue weighted by Crippen LogP contribution is -2.19. The zero-order chi connectivity index (χ0) is 16.9. The predicted octanol–water partition coefficient (Wildman–Crippen LogP) is 4.00. The normalized spacial score (nSPS) is 19.3. The molecule has 0 saturated heterocycles. The Bertz CT molecular complexity index is 764. The summed E-state index contributed by atoms with van der Waals surface area (Å²) >= 11 is 0. The number of hydrogen-bond acceptors (Lipinski definition) is 5. The molecule has 0 radical (unpaired) electrons. The number of ether oxygens (including phenoxy) is 1. The van der Waals surface area contributed by atoms with Crippen LogP contribution in [0.5, 0.6) is 5.75 Å². The van der Waals surface area contributed by atoms with Gasteiger partial charge in [0.05, 0.1) is 0 Å². The summed E-state index contributed by atoms with van der Waals surface area (Å²) in [5.41, 5.74) is 0.992. The van der Waals surface area contributed by atoms with Crippen LogP contribution in [0.4, 0.5) is 13.2 Å². The molecule has 5 nitrogen and oxygen atoms in total. The molecule has 24 heavy (non-hydrogen) atoms. The van der Waals surface area contributed by atoms with Gasteiger partial charge >= 0.3 is 6.18 Å². The second-order valence-electron chi connectivity index (χ2n) is 6.77. The standard InChI is InChI=1S/C16H16F3N3O2/c1-15(4-5-15)14-21-13(22-24-14)11-6-12(23-8-16(17,18)19)10(7-20-11)9-2-3-9/h6-7,9H,2-5,8H2,1H3. The molecular formula is C16H16F3N3O2. The smallest absolute Gasteiger partial charge is 0.422 e. The first kappa shape index (κ1) is 15.4. The summed E-state index contributed by atoms with van der Waals surface area (Å²) in [5, 5.41) is 3.91. The average Bonchev–Trinajstić information content (AvgIpc) is 3.45. The molecule has 2 aromatic heterocycles. The monoisotopic (exact) mass is 339 g/mol. The van der Waals surface area contributed by atoms with Gasteiger partial charge in [0.25, 0.3) is 0 Å². The van der Waals surface area contributed by atoms with Gasteiger partial charge in [-0.05, 0) is 31.6 Å². The van der Waals surface area contributed by atoms with E-state index in [1.54, 1.807) is 6.20 Å². The third-order valence-corrected chi connectivity index (χ3v) is 4.48. The van der Waals surface area contributed by atoms with Crippen molar-refractivity contribution in [2.45, 2.75) is 50.1 Å². The van der Waals surface area contributed by atoms with Crippen molar-refractivity contribution in [3.05, 3.63) is 23.7 Å². The number of aromatic nitrogens is 3. The number of nitrogens with zero attached hydrogens (tertiary/aromatic N) is 3. The van der Waals surface area contributed by atoms with Crippen molar-refractivity contribution in [3.63, 3.8) is 0 Å². The number of pyridine rings is 1. The van der Waals surface area contributed by atoms with Gasteiger partial charge in [-0.25, -0.2) is 0 Å². The maximum absolute atomic E-state index is 12.5. The van der Waals surface area contributed by atoms with Crippen LogP contribution in [0, 0.1) is 0 Å². The molecule has 2 aromatic rings. The first-order valence-electron chi connectivity index (χ1n) is 7.88. The van der Waals surface area contributed by atoms with Crippen LogP contribution in [0.15, 0.2) is 16.8 Å². The largest absolute Gasteiger partial charge is 0.484 e. The van der Waals surface area contributed by atoms with Gasteiger partial charge in [-0.2, -0.15) is 18.2 Å². The first-order valence-corrected chi connectivity index (χ1v) is 7.88. The van der Waals surface area contributed by atoms with Crippen LogP contribution in [0.1, 0.15) is 50.0 Å².